The Hall–Kier alpha value is -2.07. The number of nitrogen functional groups attached to an aromatic ring is 1. The van der Waals surface area contributed by atoms with Crippen LogP contribution < -0.4 is 10.5 Å². The molecule has 0 aromatic heterocycles. The third-order valence-corrected chi connectivity index (χ3v) is 3.57. The number of para-hydroxylation sites is 2. The van der Waals surface area contributed by atoms with Crippen LogP contribution in [0.15, 0.2) is 42.5 Å². The molecule has 0 atom stereocenters. The van der Waals surface area contributed by atoms with E-state index in [1.807, 2.05) is 24.3 Å². The van der Waals surface area contributed by atoms with Crippen LogP contribution in [0, 0.1) is 5.82 Å². The highest BCUT2D eigenvalue weighted by atomic mass is 19.1. The molecule has 2 aromatic carbocycles. The minimum absolute atomic E-state index is 0.242. The van der Waals surface area contributed by atoms with Gasteiger partial charge >= 0.3 is 0 Å². The first kappa shape index (κ1) is 12.9. The molecule has 3 nitrogen and oxygen atoms in total. The summed E-state index contributed by atoms with van der Waals surface area (Å²) in [5, 5.41) is 0. The quantitative estimate of drug-likeness (QED) is 0.854. The van der Waals surface area contributed by atoms with Crippen molar-refractivity contribution in [2.45, 2.75) is 13.1 Å². The lowest BCUT2D eigenvalue weighted by atomic mass is 10.1. The number of hydrogen-bond acceptors (Lipinski definition) is 3. The average molecular weight is 272 g/mol. The van der Waals surface area contributed by atoms with Gasteiger partial charge in [-0.2, -0.15) is 0 Å². The second-order valence-electron chi connectivity index (χ2n) is 4.98. The molecule has 3 rings (SSSR count). The van der Waals surface area contributed by atoms with E-state index in [4.69, 9.17) is 10.5 Å². The number of fused-ring (bicyclic) bond motifs is 1. The lowest BCUT2D eigenvalue weighted by molar-refractivity contribution is 0.220. The normalized spacial score (nSPS) is 15.2. The Morgan fingerprint density at radius 1 is 1.15 bits per heavy atom. The van der Waals surface area contributed by atoms with E-state index in [0.717, 1.165) is 30.0 Å². The summed E-state index contributed by atoms with van der Waals surface area (Å²) in [5.41, 5.74) is 8.02. The predicted octanol–water partition coefficient (Wildman–Crippen LogP) is 2.80. The van der Waals surface area contributed by atoms with Gasteiger partial charge in [0.1, 0.15) is 18.2 Å². The molecule has 0 aliphatic carbocycles. The van der Waals surface area contributed by atoms with Gasteiger partial charge in [0.05, 0.1) is 5.69 Å². The van der Waals surface area contributed by atoms with Gasteiger partial charge in [-0.1, -0.05) is 30.3 Å². The maximum atomic E-state index is 13.5. The van der Waals surface area contributed by atoms with Crippen molar-refractivity contribution in [3.63, 3.8) is 0 Å². The second kappa shape index (κ2) is 5.51. The third kappa shape index (κ3) is 2.60. The Kier molecular flexibility index (Phi) is 3.56. The number of nitrogens with zero attached hydrogens (tertiary/aromatic N) is 1. The van der Waals surface area contributed by atoms with Crippen molar-refractivity contribution < 1.29 is 9.13 Å². The molecule has 0 saturated heterocycles. The fourth-order valence-corrected chi connectivity index (χ4v) is 2.48. The van der Waals surface area contributed by atoms with E-state index in [-0.39, 0.29) is 11.5 Å². The summed E-state index contributed by atoms with van der Waals surface area (Å²) >= 11 is 0. The van der Waals surface area contributed by atoms with Gasteiger partial charge in [-0.3, -0.25) is 4.90 Å². The maximum absolute atomic E-state index is 13.5. The van der Waals surface area contributed by atoms with Gasteiger partial charge in [0.25, 0.3) is 0 Å². The van der Waals surface area contributed by atoms with Gasteiger partial charge in [-0.05, 0) is 17.7 Å². The topological polar surface area (TPSA) is 38.5 Å². The molecule has 0 bridgehead atoms. The van der Waals surface area contributed by atoms with E-state index in [1.165, 1.54) is 6.07 Å². The van der Waals surface area contributed by atoms with Gasteiger partial charge in [0, 0.05) is 25.2 Å². The predicted molar refractivity (Wildman–Crippen MR) is 76.9 cm³/mol. The maximum Gasteiger partial charge on any atom is 0.146 e. The molecule has 0 unspecified atom stereocenters. The number of rotatable bonds is 2. The number of halogens is 1. The van der Waals surface area contributed by atoms with Crippen LogP contribution in [0.3, 0.4) is 0 Å². The van der Waals surface area contributed by atoms with Gasteiger partial charge in [-0.15, -0.1) is 0 Å². The van der Waals surface area contributed by atoms with E-state index in [0.29, 0.717) is 13.2 Å². The lowest BCUT2D eigenvalue weighted by Crippen LogP contribution is -2.25. The minimum Gasteiger partial charge on any atom is -0.492 e. The summed E-state index contributed by atoms with van der Waals surface area (Å²) < 4.78 is 19.2. The highest BCUT2D eigenvalue weighted by Gasteiger charge is 2.16. The zero-order valence-corrected chi connectivity index (χ0v) is 11.2. The van der Waals surface area contributed by atoms with Crippen LogP contribution in [-0.4, -0.2) is 18.1 Å². The molecule has 0 amide bonds. The Morgan fingerprint density at radius 2 is 2.00 bits per heavy atom. The summed E-state index contributed by atoms with van der Waals surface area (Å²) in [7, 11) is 0. The summed E-state index contributed by atoms with van der Waals surface area (Å²) in [5.74, 6) is 0.580. The third-order valence-electron chi connectivity index (χ3n) is 3.57. The van der Waals surface area contributed by atoms with Crippen molar-refractivity contribution >= 4 is 5.69 Å². The molecule has 4 heteroatoms. The summed E-state index contributed by atoms with van der Waals surface area (Å²) in [6, 6.07) is 13.0. The number of benzene rings is 2. The Balaban J connectivity index is 1.80. The number of anilines is 1. The standard InChI is InChI=1S/C16H17FN2O/c17-14-6-3-5-13(16(14)18)11-19-8-9-20-15-7-2-1-4-12(15)10-19/h1-7H,8-11,18H2. The largest absolute Gasteiger partial charge is 0.492 e. The van der Waals surface area contributed by atoms with Gasteiger partial charge in [0.2, 0.25) is 0 Å². The van der Waals surface area contributed by atoms with Crippen LogP contribution in [0.4, 0.5) is 10.1 Å². The Morgan fingerprint density at radius 3 is 2.90 bits per heavy atom. The van der Waals surface area contributed by atoms with E-state index >= 15 is 0 Å². The number of ether oxygens (including phenoxy) is 1. The fraction of sp³-hybridized carbons (Fsp3) is 0.250. The van der Waals surface area contributed by atoms with Crippen molar-refractivity contribution in [1.29, 1.82) is 0 Å². The fourth-order valence-electron chi connectivity index (χ4n) is 2.48. The van der Waals surface area contributed by atoms with Crippen LogP contribution >= 0.6 is 0 Å². The molecular weight excluding hydrogens is 255 g/mol. The minimum atomic E-state index is -0.353. The average Bonchev–Trinajstić information content (AvgIpc) is 2.65. The molecule has 0 spiro atoms. The number of hydrogen-bond donors (Lipinski definition) is 1. The van der Waals surface area contributed by atoms with Crippen LogP contribution in [0.25, 0.3) is 0 Å². The molecule has 1 aliphatic rings. The molecule has 1 heterocycles. The molecular formula is C16H17FN2O. The highest BCUT2D eigenvalue weighted by molar-refractivity contribution is 5.47. The first-order valence-corrected chi connectivity index (χ1v) is 6.70. The summed E-state index contributed by atoms with van der Waals surface area (Å²) in [6.07, 6.45) is 0. The highest BCUT2D eigenvalue weighted by Crippen LogP contribution is 2.24. The monoisotopic (exact) mass is 272 g/mol. The van der Waals surface area contributed by atoms with E-state index in [9.17, 15) is 4.39 Å². The Labute approximate surface area is 117 Å². The van der Waals surface area contributed by atoms with Gasteiger partial charge in [0.15, 0.2) is 0 Å². The van der Waals surface area contributed by atoms with E-state index in [2.05, 4.69) is 11.0 Å². The summed E-state index contributed by atoms with van der Waals surface area (Å²) in [4.78, 5) is 2.22. The van der Waals surface area contributed by atoms with Gasteiger partial charge < -0.3 is 10.5 Å². The van der Waals surface area contributed by atoms with Crippen LogP contribution in [0.5, 0.6) is 5.75 Å². The van der Waals surface area contributed by atoms with Crippen molar-refractivity contribution in [3.8, 4) is 5.75 Å². The van der Waals surface area contributed by atoms with Crippen LogP contribution in [0.1, 0.15) is 11.1 Å². The lowest BCUT2D eigenvalue weighted by Gasteiger charge is -2.20. The molecule has 0 saturated carbocycles. The van der Waals surface area contributed by atoms with Crippen molar-refractivity contribution in [2.75, 3.05) is 18.9 Å². The first-order chi connectivity index (χ1) is 9.74. The van der Waals surface area contributed by atoms with Crippen LogP contribution in [0.2, 0.25) is 0 Å². The zero-order chi connectivity index (χ0) is 13.9. The van der Waals surface area contributed by atoms with E-state index in [1.54, 1.807) is 6.07 Å². The van der Waals surface area contributed by atoms with Gasteiger partial charge in [-0.25, -0.2) is 4.39 Å². The molecule has 0 radical (unpaired) electrons. The first-order valence-electron chi connectivity index (χ1n) is 6.70. The van der Waals surface area contributed by atoms with Crippen molar-refractivity contribution in [3.05, 3.63) is 59.4 Å². The molecule has 104 valence electrons. The SMILES string of the molecule is Nc1c(F)cccc1CN1CCOc2ccccc2C1. The smallest absolute Gasteiger partial charge is 0.146 e. The molecule has 2 N–H and O–H groups in total. The number of nitrogens with two attached hydrogens (primary N) is 1. The molecule has 1 aliphatic heterocycles. The zero-order valence-electron chi connectivity index (χ0n) is 11.2. The van der Waals surface area contributed by atoms with Crippen molar-refractivity contribution in [1.82, 2.24) is 4.90 Å². The van der Waals surface area contributed by atoms with Crippen LogP contribution in [-0.2, 0) is 13.1 Å². The van der Waals surface area contributed by atoms with Crippen molar-refractivity contribution in [2.24, 2.45) is 0 Å². The second-order valence-corrected chi connectivity index (χ2v) is 4.98. The Bertz CT molecular complexity index is 615. The molecule has 2 aromatic rings. The molecule has 20 heavy (non-hydrogen) atoms. The van der Waals surface area contributed by atoms with E-state index < -0.39 is 0 Å². The summed E-state index contributed by atoms with van der Waals surface area (Å²) in [6.45, 7) is 2.84. The molecule has 0 fully saturated rings.